The van der Waals surface area contributed by atoms with E-state index < -0.39 is 64.2 Å². The molecule has 1 aliphatic heterocycles. The maximum absolute atomic E-state index is 13.7. The first-order chi connectivity index (χ1) is 20.8. The zero-order chi connectivity index (χ0) is 32.4. The van der Waals surface area contributed by atoms with Crippen LogP contribution in [0.15, 0.2) is 54.6 Å². The number of amides is 5. The topological polar surface area (TPSA) is 206 Å². The number of primary amides is 1. The third-order valence-electron chi connectivity index (χ3n) is 7.00. The number of carbonyl (C=O) groups is 5. The molecule has 2 aromatic carbocycles. The molecule has 14 nitrogen and oxygen atoms in total. The number of nitrogens with zero attached hydrogens (tertiary/aromatic N) is 1. The Morgan fingerprint density at radius 2 is 1.68 bits per heavy atom. The number of likely N-dealkylation sites (N-methyl/N-ethyl adjacent to an activating group) is 1. The number of likely N-dealkylation sites (tertiary alicyclic amines) is 1. The van der Waals surface area contributed by atoms with Gasteiger partial charge in [-0.15, -0.1) is 0 Å². The Hall–Kier alpha value is -4.57. The molecule has 0 aliphatic carbocycles. The van der Waals surface area contributed by atoms with Gasteiger partial charge in [0, 0.05) is 25.1 Å². The van der Waals surface area contributed by atoms with Gasteiger partial charge in [0.2, 0.25) is 23.6 Å². The second-order valence-corrected chi connectivity index (χ2v) is 11.1. The summed E-state index contributed by atoms with van der Waals surface area (Å²) in [6.07, 6.45) is 0.940. The average molecular weight is 635 g/mol. The Kier molecular flexibility index (Phi) is 11.8. The minimum atomic E-state index is -5.25. The second kappa shape index (κ2) is 15.2. The molecular formula is C28H35FN6O8S. The van der Waals surface area contributed by atoms with Crippen LogP contribution in [-0.2, 0) is 36.1 Å². The van der Waals surface area contributed by atoms with Crippen molar-refractivity contribution in [2.75, 3.05) is 20.1 Å². The predicted octanol–water partition coefficient (Wildman–Crippen LogP) is -0.694. The van der Waals surface area contributed by atoms with E-state index in [9.17, 15) is 36.3 Å². The summed E-state index contributed by atoms with van der Waals surface area (Å²) < 4.78 is 38.2. The summed E-state index contributed by atoms with van der Waals surface area (Å²) in [5.41, 5.74) is 6.36. The van der Waals surface area contributed by atoms with Gasteiger partial charge in [-0.05, 0) is 56.6 Å². The molecule has 0 aromatic heterocycles. The van der Waals surface area contributed by atoms with E-state index in [1.165, 1.54) is 17.0 Å². The average Bonchev–Trinajstić information content (AvgIpc) is 3.48. The van der Waals surface area contributed by atoms with Gasteiger partial charge in [-0.2, -0.15) is 8.42 Å². The third-order valence-corrected chi connectivity index (χ3v) is 7.39. The molecule has 44 heavy (non-hydrogen) atoms. The van der Waals surface area contributed by atoms with Gasteiger partial charge in [-0.25, -0.2) is 0 Å². The molecule has 2 aromatic rings. The minimum Gasteiger partial charge on any atom is -0.368 e. The van der Waals surface area contributed by atoms with Crippen LogP contribution in [0.5, 0.6) is 5.75 Å². The van der Waals surface area contributed by atoms with Gasteiger partial charge in [-0.3, -0.25) is 24.0 Å². The van der Waals surface area contributed by atoms with Crippen molar-refractivity contribution in [3.63, 3.8) is 0 Å². The summed E-state index contributed by atoms with van der Waals surface area (Å²) in [7, 11) is -3.69. The molecule has 1 aliphatic rings. The van der Waals surface area contributed by atoms with E-state index in [1.807, 2.05) is 6.07 Å². The first kappa shape index (κ1) is 33.9. The lowest BCUT2D eigenvalue weighted by molar-refractivity contribution is -0.142. The van der Waals surface area contributed by atoms with Crippen LogP contribution in [0.1, 0.15) is 35.7 Å². The number of hydrogen-bond donors (Lipinski definition) is 5. The van der Waals surface area contributed by atoms with E-state index in [1.54, 1.807) is 38.2 Å². The summed E-state index contributed by atoms with van der Waals surface area (Å²) in [5, 5.41) is 10.5. The van der Waals surface area contributed by atoms with Crippen LogP contribution >= 0.6 is 0 Å². The zero-order valence-corrected chi connectivity index (χ0v) is 24.9. The molecule has 3 rings (SSSR count). The Bertz CT molecular complexity index is 1460. The van der Waals surface area contributed by atoms with Crippen LogP contribution in [-0.4, -0.2) is 87.2 Å². The van der Waals surface area contributed by atoms with Crippen LogP contribution in [0.25, 0.3) is 0 Å². The molecule has 1 fully saturated rings. The summed E-state index contributed by atoms with van der Waals surface area (Å²) in [4.78, 5) is 65.9. The van der Waals surface area contributed by atoms with Crippen LogP contribution in [0, 0.1) is 0 Å². The van der Waals surface area contributed by atoms with Gasteiger partial charge in [0.25, 0.3) is 5.91 Å². The summed E-state index contributed by atoms with van der Waals surface area (Å²) in [6.45, 7) is 1.40. The molecule has 6 N–H and O–H groups in total. The van der Waals surface area contributed by atoms with Crippen LogP contribution in [0.3, 0.4) is 0 Å². The molecular weight excluding hydrogens is 599 g/mol. The lowest BCUT2D eigenvalue weighted by Crippen LogP contribution is -2.59. The van der Waals surface area contributed by atoms with Crippen LogP contribution < -0.4 is 31.2 Å². The predicted molar refractivity (Wildman–Crippen MR) is 156 cm³/mol. The largest absolute Gasteiger partial charge is 0.488 e. The van der Waals surface area contributed by atoms with Gasteiger partial charge in [-0.1, -0.05) is 34.2 Å². The van der Waals surface area contributed by atoms with E-state index in [-0.39, 0.29) is 30.8 Å². The van der Waals surface area contributed by atoms with E-state index >= 15 is 0 Å². The second-order valence-electron chi connectivity index (χ2n) is 10.1. The van der Waals surface area contributed by atoms with Gasteiger partial charge in [0.1, 0.15) is 23.9 Å². The maximum atomic E-state index is 13.7. The Morgan fingerprint density at radius 3 is 2.27 bits per heavy atom. The first-order valence-corrected chi connectivity index (χ1v) is 15.0. The normalized spacial score (nSPS) is 16.7. The Labute approximate surface area is 254 Å². The fourth-order valence-electron chi connectivity index (χ4n) is 4.55. The van der Waals surface area contributed by atoms with Crippen molar-refractivity contribution in [2.24, 2.45) is 5.73 Å². The number of benzene rings is 2. The minimum absolute atomic E-state index is 0.0315. The van der Waals surface area contributed by atoms with Crippen molar-refractivity contribution in [1.29, 1.82) is 0 Å². The third kappa shape index (κ3) is 9.74. The van der Waals surface area contributed by atoms with Crippen molar-refractivity contribution in [2.45, 2.75) is 50.4 Å². The number of carbonyl (C=O) groups excluding carboxylic acids is 5. The van der Waals surface area contributed by atoms with Crippen LogP contribution in [0.2, 0.25) is 0 Å². The van der Waals surface area contributed by atoms with Crippen molar-refractivity contribution >= 4 is 40.0 Å². The van der Waals surface area contributed by atoms with Crippen molar-refractivity contribution in [3.8, 4) is 5.75 Å². The molecule has 0 saturated carbocycles. The Morgan fingerprint density at radius 1 is 1.02 bits per heavy atom. The number of rotatable bonds is 14. The number of nitrogens with two attached hydrogens (primary N) is 1. The quantitative estimate of drug-likeness (QED) is 0.167. The van der Waals surface area contributed by atoms with Gasteiger partial charge < -0.3 is 36.1 Å². The zero-order valence-electron chi connectivity index (χ0n) is 24.1. The van der Waals surface area contributed by atoms with Crippen molar-refractivity contribution < 1.29 is 40.5 Å². The van der Waals surface area contributed by atoms with Gasteiger partial charge in [0.05, 0.1) is 6.04 Å². The molecule has 4 atom stereocenters. The Balaban J connectivity index is 1.73. The molecule has 0 radical (unpaired) electrons. The summed E-state index contributed by atoms with van der Waals surface area (Å²) >= 11 is 0. The fraction of sp³-hybridized carbons (Fsp3) is 0.393. The van der Waals surface area contributed by atoms with Gasteiger partial charge >= 0.3 is 10.5 Å². The number of hydrogen-bond acceptors (Lipinski definition) is 9. The van der Waals surface area contributed by atoms with E-state index in [0.29, 0.717) is 12.8 Å². The SMILES string of the molecule is CNC(C)C(=O)NC(CNC(=O)c1ccc(OS(=O)(=O)F)cc1)C(=O)N1CCCC1C(=O)NC(Cc1ccccc1)C(N)=O. The van der Waals surface area contributed by atoms with E-state index in [0.717, 1.165) is 17.7 Å². The molecule has 1 saturated heterocycles. The van der Waals surface area contributed by atoms with E-state index in [2.05, 4.69) is 25.5 Å². The monoisotopic (exact) mass is 634 g/mol. The molecule has 5 amide bonds. The smallest absolute Gasteiger partial charge is 0.368 e. The first-order valence-electron chi connectivity index (χ1n) is 13.7. The van der Waals surface area contributed by atoms with Gasteiger partial charge in [0.15, 0.2) is 0 Å². The highest BCUT2D eigenvalue weighted by atomic mass is 32.3. The number of halogens is 1. The molecule has 1 heterocycles. The molecule has 0 bridgehead atoms. The van der Waals surface area contributed by atoms with Crippen molar-refractivity contribution in [3.05, 3.63) is 65.7 Å². The molecule has 0 spiro atoms. The van der Waals surface area contributed by atoms with Crippen molar-refractivity contribution in [1.82, 2.24) is 26.2 Å². The highest BCUT2D eigenvalue weighted by Crippen LogP contribution is 2.20. The molecule has 16 heteroatoms. The lowest BCUT2D eigenvalue weighted by atomic mass is 10.0. The van der Waals surface area contributed by atoms with E-state index in [4.69, 9.17) is 5.73 Å². The summed E-state index contributed by atoms with van der Waals surface area (Å²) in [6, 6.07) is 9.53. The maximum Gasteiger partial charge on any atom is 0.488 e. The molecule has 4 unspecified atom stereocenters. The summed E-state index contributed by atoms with van der Waals surface area (Å²) in [5.74, 6) is -3.52. The standard InChI is InChI=1S/C28H35FN6O8S/c1-17(31-2)25(37)34-22(16-32-26(38)19-10-12-20(13-11-19)43-44(29,41)42)28(40)35-14-6-9-23(35)27(39)33-21(24(30)36)15-18-7-4-3-5-8-18/h3-5,7-8,10-13,17,21-23,31H,6,9,14-16H2,1-2H3,(H2,30,36)(H,32,38)(H,33,39)(H,34,37). The number of nitrogens with one attached hydrogen (secondary N) is 4. The highest BCUT2D eigenvalue weighted by molar-refractivity contribution is 7.81. The highest BCUT2D eigenvalue weighted by Gasteiger charge is 2.39. The molecule has 238 valence electrons. The lowest BCUT2D eigenvalue weighted by Gasteiger charge is -2.30. The fourth-order valence-corrected chi connectivity index (χ4v) is 4.89. The van der Waals surface area contributed by atoms with Crippen LogP contribution in [0.4, 0.5) is 3.89 Å².